The molecule has 0 saturated heterocycles. The summed E-state index contributed by atoms with van der Waals surface area (Å²) in [7, 11) is 1.43. The van der Waals surface area contributed by atoms with Crippen molar-refractivity contribution < 1.29 is 23.1 Å². The van der Waals surface area contributed by atoms with Gasteiger partial charge in [-0.15, -0.1) is 0 Å². The number of benzene rings is 3. The van der Waals surface area contributed by atoms with Crippen LogP contribution in [0.5, 0.6) is 5.75 Å². The first-order chi connectivity index (χ1) is 17.7. The number of fused-ring (bicyclic) bond motifs is 1. The van der Waals surface area contributed by atoms with E-state index in [1.54, 1.807) is 36.4 Å². The Morgan fingerprint density at radius 2 is 1.92 bits per heavy atom. The predicted molar refractivity (Wildman–Crippen MR) is 136 cm³/mol. The number of hydrogen-bond acceptors (Lipinski definition) is 5. The molecule has 1 aliphatic rings. The van der Waals surface area contributed by atoms with Crippen LogP contribution < -0.4 is 15.8 Å². The molecule has 9 heteroatoms. The number of nitriles is 1. The highest BCUT2D eigenvalue weighted by atomic mass is 35.5. The molecule has 0 radical (unpaired) electrons. The average molecular weight is 518 g/mol. The maximum atomic E-state index is 13.3. The SMILES string of the molecule is COc1cc(Cl)c(-c2ccc3oc(Cc4ccc(F)cc4)c(C(N)=O)c3c2)cc1C(=O)NC1(C#N)CC1. The van der Waals surface area contributed by atoms with Gasteiger partial charge in [-0.1, -0.05) is 29.8 Å². The number of ether oxygens (including phenoxy) is 1. The van der Waals surface area contributed by atoms with Gasteiger partial charge in [-0.3, -0.25) is 9.59 Å². The molecule has 1 saturated carbocycles. The largest absolute Gasteiger partial charge is 0.496 e. The van der Waals surface area contributed by atoms with Gasteiger partial charge < -0.3 is 20.2 Å². The highest BCUT2D eigenvalue weighted by Gasteiger charge is 2.45. The Bertz CT molecular complexity index is 1600. The Kier molecular flexibility index (Phi) is 6.10. The summed E-state index contributed by atoms with van der Waals surface area (Å²) in [6.45, 7) is 0. The quantitative estimate of drug-likeness (QED) is 0.341. The molecule has 0 aliphatic heterocycles. The first kappa shape index (κ1) is 24.3. The van der Waals surface area contributed by atoms with Crippen LogP contribution in [-0.4, -0.2) is 24.5 Å². The van der Waals surface area contributed by atoms with Gasteiger partial charge in [0.05, 0.1) is 29.3 Å². The molecule has 4 aromatic rings. The van der Waals surface area contributed by atoms with Crippen molar-refractivity contribution in [3.8, 4) is 22.9 Å². The van der Waals surface area contributed by atoms with E-state index in [2.05, 4.69) is 11.4 Å². The second-order valence-electron chi connectivity index (χ2n) is 8.96. The van der Waals surface area contributed by atoms with Gasteiger partial charge in [0.2, 0.25) is 0 Å². The lowest BCUT2D eigenvalue weighted by Gasteiger charge is -2.15. The smallest absolute Gasteiger partial charge is 0.256 e. The summed E-state index contributed by atoms with van der Waals surface area (Å²) < 4.78 is 24.6. The van der Waals surface area contributed by atoms with Crippen molar-refractivity contribution >= 4 is 34.4 Å². The fourth-order valence-corrected chi connectivity index (χ4v) is 4.56. The maximum Gasteiger partial charge on any atom is 0.256 e. The number of furan rings is 1. The molecular weight excluding hydrogens is 497 g/mol. The van der Waals surface area contributed by atoms with Gasteiger partial charge in [-0.05, 0) is 54.3 Å². The van der Waals surface area contributed by atoms with Gasteiger partial charge in [-0.25, -0.2) is 4.39 Å². The minimum Gasteiger partial charge on any atom is -0.496 e. The van der Waals surface area contributed by atoms with Crippen molar-refractivity contribution in [2.45, 2.75) is 24.8 Å². The highest BCUT2D eigenvalue weighted by molar-refractivity contribution is 6.33. The van der Waals surface area contributed by atoms with Crippen LogP contribution in [0.15, 0.2) is 59.0 Å². The first-order valence-electron chi connectivity index (χ1n) is 11.4. The van der Waals surface area contributed by atoms with Crippen LogP contribution in [0.1, 0.15) is 44.9 Å². The third-order valence-corrected chi connectivity index (χ3v) is 6.76. The van der Waals surface area contributed by atoms with Crippen molar-refractivity contribution in [1.82, 2.24) is 5.32 Å². The van der Waals surface area contributed by atoms with E-state index in [0.29, 0.717) is 45.7 Å². The predicted octanol–water partition coefficient (Wildman–Crippen LogP) is 5.38. The molecule has 0 unspecified atom stereocenters. The van der Waals surface area contributed by atoms with Crippen molar-refractivity contribution in [3.63, 3.8) is 0 Å². The summed E-state index contributed by atoms with van der Waals surface area (Å²) in [5.74, 6) is -0.850. The van der Waals surface area contributed by atoms with Crippen LogP contribution >= 0.6 is 11.6 Å². The molecular formula is C28H21ClFN3O4. The van der Waals surface area contributed by atoms with Crippen molar-refractivity contribution in [2.24, 2.45) is 5.73 Å². The average Bonchev–Trinajstić information content (AvgIpc) is 3.56. The van der Waals surface area contributed by atoms with Crippen LogP contribution in [0.3, 0.4) is 0 Å². The number of nitrogens with zero attached hydrogens (tertiary/aromatic N) is 1. The van der Waals surface area contributed by atoms with Gasteiger partial charge in [0, 0.05) is 23.4 Å². The topological polar surface area (TPSA) is 118 Å². The Morgan fingerprint density at radius 1 is 1.19 bits per heavy atom. The number of primary amides is 1. The normalized spacial score (nSPS) is 13.7. The Morgan fingerprint density at radius 3 is 2.54 bits per heavy atom. The molecule has 0 bridgehead atoms. The van der Waals surface area contributed by atoms with E-state index in [0.717, 1.165) is 5.56 Å². The summed E-state index contributed by atoms with van der Waals surface area (Å²) in [6, 6.07) is 16.3. The second kappa shape index (κ2) is 9.26. The highest BCUT2D eigenvalue weighted by Crippen LogP contribution is 2.39. The van der Waals surface area contributed by atoms with E-state index in [9.17, 15) is 19.2 Å². The molecule has 1 heterocycles. The number of halogens is 2. The molecule has 0 atom stereocenters. The number of hydrogen-bond donors (Lipinski definition) is 2. The zero-order valence-corrected chi connectivity index (χ0v) is 20.5. The zero-order valence-electron chi connectivity index (χ0n) is 19.7. The lowest BCUT2D eigenvalue weighted by atomic mass is 9.98. The van der Waals surface area contributed by atoms with Crippen LogP contribution in [0, 0.1) is 17.1 Å². The minimum absolute atomic E-state index is 0.216. The molecule has 3 aromatic carbocycles. The summed E-state index contributed by atoms with van der Waals surface area (Å²) >= 11 is 6.56. The summed E-state index contributed by atoms with van der Waals surface area (Å²) in [5.41, 5.74) is 7.65. The molecule has 2 amide bonds. The van der Waals surface area contributed by atoms with Crippen LogP contribution in [0.25, 0.3) is 22.1 Å². The number of methoxy groups -OCH3 is 1. The maximum absolute atomic E-state index is 13.3. The third-order valence-electron chi connectivity index (χ3n) is 6.45. The molecule has 5 rings (SSSR count). The monoisotopic (exact) mass is 517 g/mol. The Hall–Kier alpha value is -4.35. The number of carbonyl (C=O) groups is 2. The van der Waals surface area contributed by atoms with Gasteiger partial charge in [-0.2, -0.15) is 5.26 Å². The van der Waals surface area contributed by atoms with Crippen molar-refractivity contribution in [3.05, 3.63) is 87.9 Å². The van der Waals surface area contributed by atoms with Crippen LogP contribution in [0.4, 0.5) is 4.39 Å². The van der Waals surface area contributed by atoms with Crippen LogP contribution in [0.2, 0.25) is 5.02 Å². The molecule has 186 valence electrons. The third kappa shape index (κ3) is 4.61. The van der Waals surface area contributed by atoms with Gasteiger partial charge >= 0.3 is 0 Å². The molecule has 3 N–H and O–H groups in total. The van der Waals surface area contributed by atoms with Crippen molar-refractivity contribution in [1.29, 1.82) is 5.26 Å². The van der Waals surface area contributed by atoms with E-state index in [1.807, 2.05) is 0 Å². The van der Waals surface area contributed by atoms with Gasteiger partial charge in [0.15, 0.2) is 0 Å². The molecule has 7 nitrogen and oxygen atoms in total. The first-order valence-corrected chi connectivity index (χ1v) is 11.8. The Labute approximate surface area is 216 Å². The van der Waals surface area contributed by atoms with Gasteiger partial charge in [0.25, 0.3) is 11.8 Å². The Balaban J connectivity index is 1.57. The molecule has 1 fully saturated rings. The number of rotatable bonds is 7. The number of nitrogens with one attached hydrogen (secondary N) is 1. The fourth-order valence-electron chi connectivity index (χ4n) is 4.30. The summed E-state index contributed by atoms with van der Waals surface area (Å²) in [6.07, 6.45) is 1.42. The molecule has 37 heavy (non-hydrogen) atoms. The fraction of sp³-hybridized carbons (Fsp3) is 0.179. The van der Waals surface area contributed by atoms with Crippen molar-refractivity contribution in [2.75, 3.05) is 7.11 Å². The standard InChI is InChI=1S/C28H21ClFN3O4/c1-36-23-13-21(29)18(12-20(23)27(35)33-28(14-31)8-9-28)16-4-7-22-19(11-16)25(26(32)34)24(37-22)10-15-2-5-17(30)6-3-15/h2-7,11-13H,8-10H2,1H3,(H2,32,34)(H,33,35). The van der Waals surface area contributed by atoms with Crippen LogP contribution in [-0.2, 0) is 6.42 Å². The van der Waals surface area contributed by atoms with E-state index in [4.69, 9.17) is 26.5 Å². The van der Waals surface area contributed by atoms with E-state index in [1.165, 1.54) is 25.3 Å². The summed E-state index contributed by atoms with van der Waals surface area (Å²) in [4.78, 5) is 25.4. The second-order valence-corrected chi connectivity index (χ2v) is 9.37. The van der Waals surface area contributed by atoms with E-state index >= 15 is 0 Å². The number of nitrogens with two attached hydrogens (primary N) is 1. The lowest BCUT2D eigenvalue weighted by Crippen LogP contribution is -2.35. The molecule has 1 aromatic heterocycles. The lowest BCUT2D eigenvalue weighted by molar-refractivity contribution is 0.0937. The van der Waals surface area contributed by atoms with E-state index < -0.39 is 17.4 Å². The zero-order chi connectivity index (χ0) is 26.3. The number of carbonyl (C=O) groups excluding carboxylic acids is 2. The van der Waals surface area contributed by atoms with Gasteiger partial charge in [0.1, 0.15) is 28.4 Å². The minimum atomic E-state index is -0.852. The molecule has 0 spiro atoms. The molecule has 1 aliphatic carbocycles. The van der Waals surface area contributed by atoms with E-state index in [-0.39, 0.29) is 29.1 Å². The number of amides is 2. The summed E-state index contributed by atoms with van der Waals surface area (Å²) in [5, 5.41) is 12.9.